The minimum Gasteiger partial charge on any atom is -0.392 e. The fourth-order valence-electron chi connectivity index (χ4n) is 2.24. The van der Waals surface area contributed by atoms with Crippen LogP contribution in [0.25, 0.3) is 0 Å². The zero-order valence-corrected chi connectivity index (χ0v) is 14.0. The first-order chi connectivity index (χ1) is 10.2. The van der Waals surface area contributed by atoms with Gasteiger partial charge in [0, 0.05) is 5.69 Å². The van der Waals surface area contributed by atoms with Crippen molar-refractivity contribution in [3.05, 3.63) is 28.8 Å². The third-order valence-corrected chi connectivity index (χ3v) is 3.55. The van der Waals surface area contributed by atoms with E-state index in [-0.39, 0.29) is 30.7 Å². The Kier molecular flexibility index (Phi) is 6.56. The van der Waals surface area contributed by atoms with Crippen molar-refractivity contribution in [2.75, 3.05) is 11.9 Å². The maximum Gasteiger partial charge on any atom is 0.243 e. The number of aryl methyl sites for hydroxylation is 3. The molecule has 0 radical (unpaired) electrons. The molecule has 1 atom stereocenters. The Labute approximate surface area is 132 Å². The van der Waals surface area contributed by atoms with Gasteiger partial charge in [-0.15, -0.1) is 0 Å². The van der Waals surface area contributed by atoms with Gasteiger partial charge in [0.05, 0.1) is 19.1 Å². The second kappa shape index (κ2) is 7.94. The van der Waals surface area contributed by atoms with Crippen LogP contribution in [-0.4, -0.2) is 29.6 Å². The minimum absolute atomic E-state index is 0.00747. The van der Waals surface area contributed by atoms with E-state index in [1.807, 2.05) is 46.8 Å². The van der Waals surface area contributed by atoms with E-state index in [4.69, 9.17) is 0 Å². The van der Waals surface area contributed by atoms with Crippen LogP contribution in [-0.2, 0) is 9.59 Å². The van der Waals surface area contributed by atoms with E-state index in [9.17, 15) is 14.7 Å². The van der Waals surface area contributed by atoms with Crippen LogP contribution in [0.5, 0.6) is 0 Å². The molecule has 5 heteroatoms. The summed E-state index contributed by atoms with van der Waals surface area (Å²) in [6.07, 6.45) is -0.683. The lowest BCUT2D eigenvalue weighted by Gasteiger charge is -2.15. The molecule has 0 saturated carbocycles. The number of rotatable bonds is 6. The topological polar surface area (TPSA) is 78.4 Å². The van der Waals surface area contributed by atoms with Crippen molar-refractivity contribution in [2.45, 2.75) is 47.1 Å². The number of carbonyl (C=O) groups is 2. The van der Waals surface area contributed by atoms with Gasteiger partial charge >= 0.3 is 0 Å². The van der Waals surface area contributed by atoms with Gasteiger partial charge in [-0.05, 0) is 37.8 Å². The Bertz CT molecular complexity index is 530. The summed E-state index contributed by atoms with van der Waals surface area (Å²) in [5.74, 6) is -0.589. The fourth-order valence-corrected chi connectivity index (χ4v) is 2.24. The molecule has 2 amide bonds. The Morgan fingerprint density at radius 2 is 1.64 bits per heavy atom. The van der Waals surface area contributed by atoms with E-state index in [1.165, 1.54) is 0 Å². The molecule has 0 aromatic heterocycles. The largest absolute Gasteiger partial charge is 0.392 e. The van der Waals surface area contributed by atoms with E-state index in [1.54, 1.807) is 0 Å². The number of hydrogen-bond acceptors (Lipinski definition) is 3. The molecule has 0 fully saturated rings. The highest BCUT2D eigenvalue weighted by Gasteiger charge is 2.15. The van der Waals surface area contributed by atoms with Crippen LogP contribution in [0.4, 0.5) is 5.69 Å². The number of aliphatic hydroxyl groups is 1. The maximum absolute atomic E-state index is 11.9. The molecule has 3 N–H and O–H groups in total. The van der Waals surface area contributed by atoms with Gasteiger partial charge in [0.25, 0.3) is 0 Å². The van der Waals surface area contributed by atoms with Crippen molar-refractivity contribution in [2.24, 2.45) is 5.92 Å². The summed E-state index contributed by atoms with van der Waals surface area (Å²) in [6.45, 7) is 9.46. The standard InChI is InChI=1S/C17H26N2O3/c1-10(2)14(20)8-15(21)18-9-16(22)19-17-12(4)6-11(3)7-13(17)5/h6-7,10,14,20H,8-9H2,1-5H3,(H,18,21)(H,19,22). The Balaban J connectivity index is 2.52. The quantitative estimate of drug-likeness (QED) is 0.753. The van der Waals surface area contributed by atoms with Crippen LogP contribution in [0.15, 0.2) is 12.1 Å². The lowest BCUT2D eigenvalue weighted by Crippen LogP contribution is -2.35. The first-order valence-corrected chi connectivity index (χ1v) is 7.53. The zero-order valence-electron chi connectivity index (χ0n) is 14.0. The number of anilines is 1. The van der Waals surface area contributed by atoms with Crippen LogP contribution in [0.2, 0.25) is 0 Å². The molecule has 22 heavy (non-hydrogen) atoms. The molecule has 1 aromatic rings. The highest BCUT2D eigenvalue weighted by atomic mass is 16.3. The van der Waals surface area contributed by atoms with E-state index in [2.05, 4.69) is 10.6 Å². The van der Waals surface area contributed by atoms with Crippen molar-refractivity contribution < 1.29 is 14.7 Å². The van der Waals surface area contributed by atoms with E-state index >= 15 is 0 Å². The van der Waals surface area contributed by atoms with Crippen LogP contribution in [0.1, 0.15) is 37.0 Å². The minimum atomic E-state index is -0.690. The number of hydrogen-bond donors (Lipinski definition) is 3. The first-order valence-electron chi connectivity index (χ1n) is 7.53. The molecule has 0 spiro atoms. The van der Waals surface area contributed by atoms with Crippen LogP contribution in [0, 0.1) is 26.7 Å². The number of amides is 2. The summed E-state index contributed by atoms with van der Waals surface area (Å²) < 4.78 is 0. The van der Waals surface area contributed by atoms with Crippen molar-refractivity contribution in [1.29, 1.82) is 0 Å². The molecule has 1 rings (SSSR count). The van der Waals surface area contributed by atoms with E-state index in [0.717, 1.165) is 22.4 Å². The second-order valence-electron chi connectivity index (χ2n) is 6.11. The second-order valence-corrected chi connectivity index (χ2v) is 6.11. The summed E-state index contributed by atoms with van der Waals surface area (Å²) in [5, 5.41) is 15.0. The molecule has 0 saturated heterocycles. The normalized spacial score (nSPS) is 12.1. The lowest BCUT2D eigenvalue weighted by molar-refractivity contribution is -0.126. The Morgan fingerprint density at radius 3 is 2.14 bits per heavy atom. The summed E-state index contributed by atoms with van der Waals surface area (Å²) >= 11 is 0. The molecule has 122 valence electrons. The number of aliphatic hydroxyl groups excluding tert-OH is 1. The van der Waals surface area contributed by atoms with E-state index in [0.29, 0.717) is 0 Å². The van der Waals surface area contributed by atoms with Crippen molar-refractivity contribution in [3.63, 3.8) is 0 Å². The van der Waals surface area contributed by atoms with Crippen molar-refractivity contribution >= 4 is 17.5 Å². The molecular weight excluding hydrogens is 280 g/mol. The summed E-state index contributed by atoms with van der Waals surface area (Å²) in [4.78, 5) is 23.6. The summed E-state index contributed by atoms with van der Waals surface area (Å²) in [7, 11) is 0. The predicted octanol–water partition coefficient (Wildman–Crippen LogP) is 2.07. The third-order valence-electron chi connectivity index (χ3n) is 3.55. The molecule has 0 aliphatic rings. The van der Waals surface area contributed by atoms with Crippen LogP contribution < -0.4 is 10.6 Å². The molecule has 1 unspecified atom stereocenters. The Morgan fingerprint density at radius 1 is 1.09 bits per heavy atom. The molecule has 5 nitrogen and oxygen atoms in total. The molecule has 0 bridgehead atoms. The molecule has 0 heterocycles. The molecule has 1 aromatic carbocycles. The maximum atomic E-state index is 11.9. The van der Waals surface area contributed by atoms with Crippen molar-refractivity contribution in [1.82, 2.24) is 5.32 Å². The van der Waals surface area contributed by atoms with Gasteiger partial charge in [-0.3, -0.25) is 9.59 Å². The zero-order chi connectivity index (χ0) is 16.9. The van der Waals surface area contributed by atoms with Gasteiger partial charge in [0.1, 0.15) is 0 Å². The van der Waals surface area contributed by atoms with Crippen LogP contribution >= 0.6 is 0 Å². The van der Waals surface area contributed by atoms with Crippen LogP contribution in [0.3, 0.4) is 0 Å². The first kappa shape index (κ1) is 18.2. The van der Waals surface area contributed by atoms with Gasteiger partial charge in [-0.1, -0.05) is 31.5 Å². The van der Waals surface area contributed by atoms with Gasteiger partial charge in [0.2, 0.25) is 11.8 Å². The van der Waals surface area contributed by atoms with E-state index < -0.39 is 6.10 Å². The Hall–Kier alpha value is -1.88. The average molecular weight is 306 g/mol. The number of carbonyl (C=O) groups excluding carboxylic acids is 2. The fraction of sp³-hybridized carbons (Fsp3) is 0.529. The molecular formula is C17H26N2O3. The molecule has 0 aliphatic heterocycles. The van der Waals surface area contributed by atoms with Crippen molar-refractivity contribution in [3.8, 4) is 0 Å². The van der Waals surface area contributed by atoms with Gasteiger partial charge in [-0.25, -0.2) is 0 Å². The lowest BCUT2D eigenvalue weighted by atomic mass is 10.0. The highest BCUT2D eigenvalue weighted by Crippen LogP contribution is 2.21. The summed E-state index contributed by atoms with van der Waals surface area (Å²) in [6, 6.07) is 4.00. The monoisotopic (exact) mass is 306 g/mol. The third kappa shape index (κ3) is 5.48. The summed E-state index contributed by atoms with van der Waals surface area (Å²) in [5.41, 5.74) is 3.91. The predicted molar refractivity (Wildman–Crippen MR) is 87.8 cm³/mol. The SMILES string of the molecule is Cc1cc(C)c(NC(=O)CNC(=O)CC(O)C(C)C)c(C)c1. The average Bonchev–Trinajstić information content (AvgIpc) is 2.40. The number of benzene rings is 1. The number of nitrogens with one attached hydrogen (secondary N) is 2. The smallest absolute Gasteiger partial charge is 0.243 e. The van der Waals surface area contributed by atoms with Gasteiger partial charge in [0.15, 0.2) is 0 Å². The molecule has 0 aliphatic carbocycles. The highest BCUT2D eigenvalue weighted by molar-refractivity contribution is 5.95. The van der Waals surface area contributed by atoms with Gasteiger partial charge in [-0.2, -0.15) is 0 Å². The van der Waals surface area contributed by atoms with Gasteiger partial charge < -0.3 is 15.7 Å².